The van der Waals surface area contributed by atoms with Gasteiger partial charge in [0.25, 0.3) is 11.6 Å². The van der Waals surface area contributed by atoms with Crippen LogP contribution in [0.3, 0.4) is 0 Å². The molecule has 0 spiro atoms. The lowest BCUT2D eigenvalue weighted by atomic mass is 10.1. The Labute approximate surface area is 154 Å². The predicted molar refractivity (Wildman–Crippen MR) is 102 cm³/mol. The Hall–Kier alpha value is -2.80. The van der Waals surface area contributed by atoms with Crippen molar-refractivity contribution in [2.45, 2.75) is 24.8 Å². The molecule has 0 aliphatic rings. The van der Waals surface area contributed by atoms with Gasteiger partial charge in [0.1, 0.15) is 11.3 Å². The van der Waals surface area contributed by atoms with Crippen molar-refractivity contribution in [3.8, 4) is 0 Å². The van der Waals surface area contributed by atoms with Crippen LogP contribution in [0.4, 0.5) is 5.69 Å². The second-order valence-electron chi connectivity index (χ2n) is 5.93. The standard InChI is InChI=1S/C19H18N2O4S/c1-11-14-6-4-5-7-16(14)25-18(11)12(2)20-19(22)13-8-9-17(26-3)15(10-13)21(23)24/h4-10,12H,1-3H3,(H,20,22). The zero-order valence-electron chi connectivity index (χ0n) is 14.6. The van der Waals surface area contributed by atoms with Gasteiger partial charge in [-0.1, -0.05) is 18.2 Å². The van der Waals surface area contributed by atoms with E-state index in [0.29, 0.717) is 10.7 Å². The molecule has 1 atom stereocenters. The maximum atomic E-state index is 12.5. The van der Waals surface area contributed by atoms with Crippen molar-refractivity contribution < 1.29 is 14.1 Å². The number of rotatable bonds is 5. The summed E-state index contributed by atoms with van der Waals surface area (Å²) in [5.41, 5.74) is 1.91. The van der Waals surface area contributed by atoms with Crippen LogP contribution in [0, 0.1) is 17.0 Å². The number of amides is 1. The maximum absolute atomic E-state index is 12.5. The van der Waals surface area contributed by atoms with Gasteiger partial charge in [0.15, 0.2) is 0 Å². The minimum atomic E-state index is -0.477. The number of hydrogen-bond acceptors (Lipinski definition) is 5. The van der Waals surface area contributed by atoms with Crippen molar-refractivity contribution in [1.29, 1.82) is 0 Å². The van der Waals surface area contributed by atoms with E-state index in [9.17, 15) is 14.9 Å². The molecule has 2 aromatic carbocycles. The summed E-state index contributed by atoms with van der Waals surface area (Å²) in [6, 6.07) is 11.8. The molecule has 1 N–H and O–H groups in total. The van der Waals surface area contributed by atoms with E-state index in [1.165, 1.54) is 17.8 Å². The van der Waals surface area contributed by atoms with Crippen LogP contribution in [0.15, 0.2) is 51.8 Å². The molecule has 0 aliphatic carbocycles. The first-order valence-corrected chi connectivity index (χ1v) is 9.26. The number of nitrogens with zero attached hydrogens (tertiary/aromatic N) is 1. The number of nitro groups is 1. The number of benzene rings is 2. The number of nitro benzene ring substituents is 1. The fourth-order valence-electron chi connectivity index (χ4n) is 2.93. The molecular weight excluding hydrogens is 352 g/mol. The summed E-state index contributed by atoms with van der Waals surface area (Å²) in [7, 11) is 0. The van der Waals surface area contributed by atoms with E-state index in [0.717, 1.165) is 16.5 Å². The smallest absolute Gasteiger partial charge is 0.283 e. The van der Waals surface area contributed by atoms with Crippen LogP contribution < -0.4 is 5.32 Å². The summed E-state index contributed by atoms with van der Waals surface area (Å²) in [6.45, 7) is 3.77. The molecule has 134 valence electrons. The number of para-hydroxylation sites is 1. The molecule has 0 bridgehead atoms. The molecule has 0 aliphatic heterocycles. The van der Waals surface area contributed by atoms with E-state index in [1.807, 2.05) is 38.1 Å². The Morgan fingerprint density at radius 3 is 2.65 bits per heavy atom. The molecule has 6 nitrogen and oxygen atoms in total. The molecule has 0 saturated carbocycles. The average Bonchev–Trinajstić information content (AvgIpc) is 2.98. The lowest BCUT2D eigenvalue weighted by Gasteiger charge is -2.13. The number of fused-ring (bicyclic) bond motifs is 1. The van der Waals surface area contributed by atoms with Crippen molar-refractivity contribution >= 4 is 34.3 Å². The molecule has 0 radical (unpaired) electrons. The monoisotopic (exact) mass is 370 g/mol. The van der Waals surface area contributed by atoms with Crippen molar-refractivity contribution in [3.63, 3.8) is 0 Å². The SMILES string of the molecule is CSc1ccc(C(=O)NC(C)c2oc3ccccc3c2C)cc1[N+](=O)[O-]. The summed E-state index contributed by atoms with van der Waals surface area (Å²) >= 11 is 1.27. The molecule has 3 aromatic rings. The van der Waals surface area contributed by atoms with Crippen LogP contribution in [0.5, 0.6) is 0 Å². The van der Waals surface area contributed by atoms with Crippen LogP contribution in [0.2, 0.25) is 0 Å². The quantitative estimate of drug-likeness (QED) is 0.394. The van der Waals surface area contributed by atoms with Gasteiger partial charge in [-0.05, 0) is 38.3 Å². The van der Waals surface area contributed by atoms with E-state index in [-0.39, 0.29) is 23.2 Å². The molecule has 1 amide bonds. The fraction of sp³-hybridized carbons (Fsp3) is 0.211. The average molecular weight is 370 g/mol. The largest absolute Gasteiger partial charge is 0.459 e. The van der Waals surface area contributed by atoms with Gasteiger partial charge in [0, 0.05) is 22.6 Å². The van der Waals surface area contributed by atoms with Gasteiger partial charge in [0.2, 0.25) is 0 Å². The topological polar surface area (TPSA) is 85.4 Å². The molecule has 0 fully saturated rings. The Bertz CT molecular complexity index is 996. The highest BCUT2D eigenvalue weighted by molar-refractivity contribution is 7.98. The third-order valence-electron chi connectivity index (χ3n) is 4.26. The second kappa shape index (κ2) is 7.21. The zero-order valence-corrected chi connectivity index (χ0v) is 15.4. The Morgan fingerprint density at radius 1 is 1.27 bits per heavy atom. The molecule has 1 aromatic heterocycles. The van der Waals surface area contributed by atoms with Crippen molar-refractivity contribution in [2.24, 2.45) is 0 Å². The lowest BCUT2D eigenvalue weighted by molar-refractivity contribution is -0.387. The van der Waals surface area contributed by atoms with Crippen molar-refractivity contribution in [2.75, 3.05) is 6.26 Å². The first kappa shape index (κ1) is 18.0. The maximum Gasteiger partial charge on any atom is 0.283 e. The number of thioether (sulfide) groups is 1. The third-order valence-corrected chi connectivity index (χ3v) is 5.04. The van der Waals surface area contributed by atoms with Gasteiger partial charge in [-0.15, -0.1) is 11.8 Å². The summed E-state index contributed by atoms with van der Waals surface area (Å²) in [5.74, 6) is 0.294. The first-order chi connectivity index (χ1) is 12.4. The normalized spacial score (nSPS) is 12.1. The zero-order chi connectivity index (χ0) is 18.8. The Kier molecular flexibility index (Phi) is 4.99. The third kappa shape index (κ3) is 3.30. The van der Waals surface area contributed by atoms with Gasteiger partial charge < -0.3 is 9.73 Å². The van der Waals surface area contributed by atoms with Crippen LogP contribution in [0.25, 0.3) is 11.0 Å². The number of nitrogens with one attached hydrogen (secondary N) is 1. The predicted octanol–water partition coefficient (Wildman–Crippen LogP) is 4.86. The second-order valence-corrected chi connectivity index (χ2v) is 6.77. The van der Waals surface area contributed by atoms with Gasteiger partial charge in [0.05, 0.1) is 15.9 Å². The highest BCUT2D eigenvalue weighted by Gasteiger charge is 2.21. The number of carbonyl (C=O) groups is 1. The molecule has 0 saturated heterocycles. The van der Waals surface area contributed by atoms with Crippen molar-refractivity contribution in [3.05, 3.63) is 69.5 Å². The highest BCUT2D eigenvalue weighted by Crippen LogP contribution is 2.30. The molecule has 1 unspecified atom stereocenters. The van der Waals surface area contributed by atoms with Gasteiger partial charge in [-0.3, -0.25) is 14.9 Å². The number of furan rings is 1. The van der Waals surface area contributed by atoms with E-state index >= 15 is 0 Å². The van der Waals surface area contributed by atoms with Gasteiger partial charge in [-0.2, -0.15) is 0 Å². The van der Waals surface area contributed by atoms with E-state index in [1.54, 1.807) is 18.4 Å². The molecule has 3 rings (SSSR count). The number of aryl methyl sites for hydroxylation is 1. The Morgan fingerprint density at radius 2 is 2.00 bits per heavy atom. The van der Waals surface area contributed by atoms with E-state index in [4.69, 9.17) is 4.42 Å². The van der Waals surface area contributed by atoms with Crippen molar-refractivity contribution in [1.82, 2.24) is 5.32 Å². The van der Waals surface area contributed by atoms with Gasteiger partial charge >= 0.3 is 0 Å². The highest BCUT2D eigenvalue weighted by atomic mass is 32.2. The minimum absolute atomic E-state index is 0.0716. The number of carbonyl (C=O) groups excluding carboxylic acids is 1. The summed E-state index contributed by atoms with van der Waals surface area (Å²) in [4.78, 5) is 23.8. The van der Waals surface area contributed by atoms with Crippen LogP contribution >= 0.6 is 11.8 Å². The van der Waals surface area contributed by atoms with Crippen LogP contribution in [-0.4, -0.2) is 17.1 Å². The molecule has 1 heterocycles. The minimum Gasteiger partial charge on any atom is -0.459 e. The fourth-order valence-corrected chi connectivity index (χ4v) is 3.47. The summed E-state index contributed by atoms with van der Waals surface area (Å²) < 4.78 is 5.87. The Balaban J connectivity index is 1.86. The van der Waals surface area contributed by atoms with E-state index in [2.05, 4.69) is 5.32 Å². The summed E-state index contributed by atoms with van der Waals surface area (Å²) in [5, 5.41) is 15.0. The van der Waals surface area contributed by atoms with E-state index < -0.39 is 4.92 Å². The lowest BCUT2D eigenvalue weighted by Crippen LogP contribution is -2.26. The van der Waals surface area contributed by atoms with Crippen LogP contribution in [-0.2, 0) is 0 Å². The molecule has 26 heavy (non-hydrogen) atoms. The van der Waals surface area contributed by atoms with Crippen LogP contribution in [0.1, 0.15) is 34.6 Å². The molecule has 7 heteroatoms. The first-order valence-electron chi connectivity index (χ1n) is 8.03. The van der Waals surface area contributed by atoms with Gasteiger partial charge in [-0.25, -0.2) is 0 Å². The number of hydrogen-bond donors (Lipinski definition) is 1. The molecular formula is C19H18N2O4S. The summed E-state index contributed by atoms with van der Waals surface area (Å²) in [6.07, 6.45) is 1.76.